The highest BCUT2D eigenvalue weighted by molar-refractivity contribution is 7.99. The topological polar surface area (TPSA) is 126 Å². The Kier molecular flexibility index (Phi) is 12.9. The number of carbonyl (C=O) groups excluding carboxylic acids is 2. The van der Waals surface area contributed by atoms with E-state index in [1.54, 1.807) is 24.4 Å². The van der Waals surface area contributed by atoms with Crippen LogP contribution in [0.25, 0.3) is 0 Å². The van der Waals surface area contributed by atoms with Crippen LogP contribution in [0.1, 0.15) is 74.0 Å². The number of carbonyl (C=O) groups is 2. The molecule has 0 unspecified atom stereocenters. The first kappa shape index (κ1) is 32.5. The number of methoxy groups -OCH3 is 1. The van der Waals surface area contributed by atoms with Gasteiger partial charge in [0.1, 0.15) is 5.75 Å². The van der Waals surface area contributed by atoms with E-state index in [1.807, 2.05) is 72.8 Å². The van der Waals surface area contributed by atoms with E-state index < -0.39 is 12.2 Å². The maximum atomic E-state index is 12.6. The molecule has 9 nitrogen and oxygen atoms in total. The first-order chi connectivity index (χ1) is 21.0. The van der Waals surface area contributed by atoms with Gasteiger partial charge in [-0.05, 0) is 48.2 Å². The Balaban J connectivity index is 1.40. The van der Waals surface area contributed by atoms with Gasteiger partial charge in [0.2, 0.25) is 11.8 Å². The summed E-state index contributed by atoms with van der Waals surface area (Å²) in [6.07, 6.45) is 3.38. The van der Waals surface area contributed by atoms with Crippen molar-refractivity contribution < 1.29 is 34.1 Å². The van der Waals surface area contributed by atoms with Gasteiger partial charge in [-0.25, -0.2) is 5.48 Å². The number of hydroxylamine groups is 1. The number of hydrogen-bond acceptors (Lipinski definition) is 8. The van der Waals surface area contributed by atoms with Crippen molar-refractivity contribution in [2.75, 3.05) is 18.2 Å². The van der Waals surface area contributed by atoms with Gasteiger partial charge in [-0.1, -0.05) is 61.4 Å². The van der Waals surface area contributed by atoms with E-state index in [2.05, 4.69) is 5.32 Å². The van der Waals surface area contributed by atoms with Crippen molar-refractivity contribution in [1.82, 2.24) is 5.48 Å². The standard InChI is InChI=1S/C33H40N2O7S/c1-40-28-11-6-7-12-30(28)43-22-27-20-29(24-17-15-23(21-36)16-18-24)42-33(41-27)25-9-8-10-26(19-25)34-31(37)13-4-2-3-5-14-32(38)35-39/h6-12,15-19,27,29,33,36,39H,2-5,13-14,20-22H2,1H3,(H,34,37)(H,35,38)/t27-,29+,33+/m0/s1. The molecule has 4 rings (SSSR count). The van der Waals surface area contributed by atoms with Crippen LogP contribution in [0.3, 0.4) is 0 Å². The number of amides is 2. The largest absolute Gasteiger partial charge is 0.496 e. The lowest BCUT2D eigenvalue weighted by Crippen LogP contribution is -2.31. The number of rotatable bonds is 15. The summed E-state index contributed by atoms with van der Waals surface area (Å²) < 4.78 is 18.5. The number of ether oxygens (including phenoxy) is 3. The molecule has 10 heteroatoms. The molecular weight excluding hydrogens is 568 g/mol. The summed E-state index contributed by atoms with van der Waals surface area (Å²) in [5, 5.41) is 21.0. The maximum Gasteiger partial charge on any atom is 0.243 e. The van der Waals surface area contributed by atoms with Crippen LogP contribution in [0.15, 0.2) is 77.7 Å². The second kappa shape index (κ2) is 17.0. The van der Waals surface area contributed by atoms with Crippen LogP contribution in [-0.2, 0) is 25.7 Å². The minimum atomic E-state index is -0.632. The van der Waals surface area contributed by atoms with Crippen molar-refractivity contribution in [3.63, 3.8) is 0 Å². The van der Waals surface area contributed by atoms with Crippen molar-refractivity contribution >= 4 is 29.3 Å². The van der Waals surface area contributed by atoms with E-state index in [0.717, 1.165) is 40.2 Å². The SMILES string of the molecule is COc1ccccc1SC[C@@H]1C[C@H](c2ccc(CO)cc2)O[C@H](c2cccc(NC(=O)CCCCCCC(=O)NO)c2)O1. The summed E-state index contributed by atoms with van der Waals surface area (Å²) in [4.78, 5) is 24.7. The van der Waals surface area contributed by atoms with E-state index in [4.69, 9.17) is 19.4 Å². The molecule has 1 aliphatic heterocycles. The molecule has 0 radical (unpaired) electrons. The average molecular weight is 609 g/mol. The Bertz CT molecular complexity index is 1320. The van der Waals surface area contributed by atoms with E-state index >= 15 is 0 Å². The summed E-state index contributed by atoms with van der Waals surface area (Å²) in [6.45, 7) is -0.0163. The number of para-hydroxylation sites is 1. The fourth-order valence-corrected chi connectivity index (χ4v) is 5.96. The second-order valence-corrected chi connectivity index (χ2v) is 11.5. The molecule has 1 heterocycles. The van der Waals surface area contributed by atoms with Crippen molar-refractivity contribution in [3.8, 4) is 5.75 Å². The summed E-state index contributed by atoms with van der Waals surface area (Å²) in [5.41, 5.74) is 4.96. The normalized spacial score (nSPS) is 18.2. The number of anilines is 1. The van der Waals surface area contributed by atoms with E-state index in [0.29, 0.717) is 37.1 Å². The molecule has 0 saturated carbocycles. The zero-order valence-electron chi connectivity index (χ0n) is 24.4. The lowest BCUT2D eigenvalue weighted by Gasteiger charge is -2.36. The molecule has 0 bridgehead atoms. The van der Waals surface area contributed by atoms with E-state index in [1.165, 1.54) is 0 Å². The average Bonchev–Trinajstić information content (AvgIpc) is 3.05. The highest BCUT2D eigenvalue weighted by atomic mass is 32.2. The molecular formula is C33H40N2O7S. The van der Waals surface area contributed by atoms with Crippen LogP contribution >= 0.6 is 11.8 Å². The van der Waals surface area contributed by atoms with E-state index in [9.17, 15) is 14.7 Å². The van der Waals surface area contributed by atoms with E-state index in [-0.39, 0.29) is 31.1 Å². The number of hydrogen-bond donors (Lipinski definition) is 4. The zero-order chi connectivity index (χ0) is 30.4. The van der Waals surface area contributed by atoms with Crippen LogP contribution in [0.4, 0.5) is 5.69 Å². The Hall–Kier alpha value is -3.41. The Morgan fingerprint density at radius 2 is 1.65 bits per heavy atom. The van der Waals surface area contributed by atoms with Gasteiger partial charge in [-0.15, -0.1) is 11.8 Å². The van der Waals surface area contributed by atoms with Crippen LogP contribution < -0.4 is 15.5 Å². The molecule has 3 aromatic carbocycles. The van der Waals surface area contributed by atoms with Crippen LogP contribution in [0, 0.1) is 0 Å². The van der Waals surface area contributed by atoms with Crippen molar-refractivity contribution in [1.29, 1.82) is 0 Å². The molecule has 1 aliphatic rings. The summed E-state index contributed by atoms with van der Waals surface area (Å²) in [7, 11) is 1.67. The van der Waals surface area contributed by atoms with Gasteiger partial charge in [0.25, 0.3) is 0 Å². The molecule has 43 heavy (non-hydrogen) atoms. The number of benzene rings is 3. The quantitative estimate of drug-likeness (QED) is 0.0685. The number of thioether (sulfide) groups is 1. The third-order valence-corrected chi connectivity index (χ3v) is 8.42. The highest BCUT2D eigenvalue weighted by Gasteiger charge is 2.32. The van der Waals surface area contributed by atoms with Gasteiger partial charge in [0, 0.05) is 41.2 Å². The lowest BCUT2D eigenvalue weighted by atomic mass is 10.0. The Morgan fingerprint density at radius 3 is 2.37 bits per heavy atom. The minimum absolute atomic E-state index is 0.0163. The molecule has 3 aromatic rings. The van der Waals surface area contributed by atoms with Gasteiger partial charge >= 0.3 is 0 Å². The maximum absolute atomic E-state index is 12.6. The smallest absolute Gasteiger partial charge is 0.243 e. The first-order valence-electron chi connectivity index (χ1n) is 14.6. The number of unbranched alkanes of at least 4 members (excludes halogenated alkanes) is 3. The molecule has 0 aliphatic carbocycles. The summed E-state index contributed by atoms with van der Waals surface area (Å²) in [5.74, 6) is 1.05. The summed E-state index contributed by atoms with van der Waals surface area (Å²) in [6, 6.07) is 23.2. The molecule has 0 spiro atoms. The number of nitrogens with one attached hydrogen (secondary N) is 2. The molecule has 4 N–H and O–H groups in total. The predicted molar refractivity (Wildman–Crippen MR) is 165 cm³/mol. The third-order valence-electron chi connectivity index (χ3n) is 7.23. The second-order valence-electron chi connectivity index (χ2n) is 10.4. The zero-order valence-corrected chi connectivity index (χ0v) is 25.2. The molecule has 3 atom stereocenters. The van der Waals surface area contributed by atoms with Crippen molar-refractivity contribution in [2.24, 2.45) is 0 Å². The molecule has 2 amide bonds. The summed E-state index contributed by atoms with van der Waals surface area (Å²) >= 11 is 1.68. The fraction of sp³-hybridized carbons (Fsp3) is 0.394. The Labute approximate surface area is 256 Å². The van der Waals surface area contributed by atoms with Crippen molar-refractivity contribution in [2.45, 2.75) is 74.9 Å². The van der Waals surface area contributed by atoms with Crippen molar-refractivity contribution in [3.05, 3.63) is 89.5 Å². The Morgan fingerprint density at radius 1 is 0.907 bits per heavy atom. The van der Waals surface area contributed by atoms with Crippen LogP contribution in [-0.4, -0.2) is 41.1 Å². The highest BCUT2D eigenvalue weighted by Crippen LogP contribution is 2.40. The first-order valence-corrected chi connectivity index (χ1v) is 15.6. The van der Waals surface area contributed by atoms with Gasteiger partial charge in [-0.2, -0.15) is 0 Å². The predicted octanol–water partition coefficient (Wildman–Crippen LogP) is 6.31. The minimum Gasteiger partial charge on any atom is -0.496 e. The van der Waals surface area contributed by atoms with Gasteiger partial charge < -0.3 is 24.6 Å². The van der Waals surface area contributed by atoms with Gasteiger partial charge in [0.15, 0.2) is 6.29 Å². The van der Waals surface area contributed by atoms with Gasteiger partial charge in [0.05, 0.1) is 25.9 Å². The molecule has 1 fully saturated rings. The van der Waals surface area contributed by atoms with Gasteiger partial charge in [-0.3, -0.25) is 14.8 Å². The third kappa shape index (κ3) is 10.1. The lowest BCUT2D eigenvalue weighted by molar-refractivity contribution is -0.245. The molecule has 1 saturated heterocycles. The fourth-order valence-electron chi connectivity index (χ4n) is 4.91. The van der Waals surface area contributed by atoms with Crippen LogP contribution in [0.2, 0.25) is 0 Å². The number of aliphatic hydroxyl groups is 1. The monoisotopic (exact) mass is 608 g/mol. The van der Waals surface area contributed by atoms with Crippen LogP contribution in [0.5, 0.6) is 5.75 Å². The molecule has 0 aromatic heterocycles. The number of aliphatic hydroxyl groups excluding tert-OH is 1. The molecule has 230 valence electrons.